The Bertz CT molecular complexity index is 822. The van der Waals surface area contributed by atoms with Gasteiger partial charge in [0, 0.05) is 19.3 Å². The van der Waals surface area contributed by atoms with Crippen molar-refractivity contribution >= 4 is 11.7 Å². The number of rotatable bonds is 7. The Hall–Kier alpha value is -3.28. The highest BCUT2D eigenvalue weighted by Crippen LogP contribution is 2.13. The van der Waals surface area contributed by atoms with Crippen LogP contribution in [-0.4, -0.2) is 27.6 Å². The van der Waals surface area contributed by atoms with E-state index in [1.807, 2.05) is 42.5 Å². The zero-order valence-electron chi connectivity index (χ0n) is 14.7. The lowest BCUT2D eigenvalue weighted by Crippen LogP contribution is -2.26. The highest BCUT2D eigenvalue weighted by Gasteiger charge is 2.11. The van der Waals surface area contributed by atoms with Crippen molar-refractivity contribution in [3.05, 3.63) is 83.8 Å². The molecule has 26 heavy (non-hydrogen) atoms. The summed E-state index contributed by atoms with van der Waals surface area (Å²) in [5, 5.41) is 11.1. The summed E-state index contributed by atoms with van der Waals surface area (Å²) in [6.45, 7) is 3.97. The SMILES string of the molecule is CCN(Cc1ccccc1)c1ccc(C(=O)NCc2ccccn2)nn1. The molecule has 1 aromatic carbocycles. The number of nitrogens with zero attached hydrogens (tertiary/aromatic N) is 4. The molecule has 6 nitrogen and oxygen atoms in total. The van der Waals surface area contributed by atoms with Crippen LogP contribution in [0.5, 0.6) is 0 Å². The number of hydrogen-bond acceptors (Lipinski definition) is 5. The van der Waals surface area contributed by atoms with Crippen LogP contribution < -0.4 is 10.2 Å². The summed E-state index contributed by atoms with van der Waals surface area (Å²) >= 11 is 0. The van der Waals surface area contributed by atoms with Crippen LogP contribution in [0.4, 0.5) is 5.82 Å². The molecule has 0 fully saturated rings. The summed E-state index contributed by atoms with van der Waals surface area (Å²) in [6.07, 6.45) is 1.70. The lowest BCUT2D eigenvalue weighted by atomic mass is 10.2. The summed E-state index contributed by atoms with van der Waals surface area (Å²) < 4.78 is 0. The van der Waals surface area contributed by atoms with E-state index < -0.39 is 0 Å². The van der Waals surface area contributed by atoms with E-state index in [0.717, 1.165) is 24.6 Å². The molecule has 0 radical (unpaired) electrons. The van der Waals surface area contributed by atoms with E-state index in [4.69, 9.17) is 0 Å². The molecule has 0 saturated heterocycles. The first-order chi connectivity index (χ1) is 12.8. The van der Waals surface area contributed by atoms with Gasteiger partial charge in [-0.05, 0) is 36.8 Å². The predicted molar refractivity (Wildman–Crippen MR) is 101 cm³/mol. The maximum atomic E-state index is 12.2. The molecule has 0 saturated carbocycles. The zero-order chi connectivity index (χ0) is 18.2. The van der Waals surface area contributed by atoms with Gasteiger partial charge in [-0.25, -0.2) is 0 Å². The van der Waals surface area contributed by atoms with Gasteiger partial charge in [0.1, 0.15) is 0 Å². The summed E-state index contributed by atoms with van der Waals surface area (Å²) in [5.41, 5.74) is 2.29. The number of aromatic nitrogens is 3. The van der Waals surface area contributed by atoms with Crippen LogP contribution in [0.1, 0.15) is 28.7 Å². The third-order valence-electron chi connectivity index (χ3n) is 3.96. The minimum atomic E-state index is -0.263. The van der Waals surface area contributed by atoms with Crippen molar-refractivity contribution < 1.29 is 4.79 Å². The second-order valence-electron chi connectivity index (χ2n) is 5.78. The Balaban J connectivity index is 1.62. The molecule has 0 spiro atoms. The number of hydrogen-bond donors (Lipinski definition) is 1. The standard InChI is InChI=1S/C20H21N5O/c1-2-25(15-16-8-4-3-5-9-16)19-12-11-18(23-24-19)20(26)22-14-17-10-6-7-13-21-17/h3-13H,2,14-15H2,1H3,(H,22,26). The topological polar surface area (TPSA) is 71.0 Å². The lowest BCUT2D eigenvalue weighted by Gasteiger charge is -2.21. The second-order valence-corrected chi connectivity index (χ2v) is 5.78. The van der Waals surface area contributed by atoms with Gasteiger partial charge in [0.2, 0.25) is 0 Å². The average Bonchev–Trinajstić information content (AvgIpc) is 2.72. The van der Waals surface area contributed by atoms with Gasteiger partial charge >= 0.3 is 0 Å². The fourth-order valence-electron chi connectivity index (χ4n) is 2.54. The van der Waals surface area contributed by atoms with Gasteiger partial charge in [-0.3, -0.25) is 9.78 Å². The number of nitrogens with one attached hydrogen (secondary N) is 1. The fourth-order valence-corrected chi connectivity index (χ4v) is 2.54. The number of anilines is 1. The quantitative estimate of drug-likeness (QED) is 0.712. The van der Waals surface area contributed by atoms with E-state index in [0.29, 0.717) is 12.2 Å². The van der Waals surface area contributed by atoms with Gasteiger partial charge in [0.05, 0.1) is 12.2 Å². The van der Waals surface area contributed by atoms with Crippen LogP contribution in [0.15, 0.2) is 66.9 Å². The van der Waals surface area contributed by atoms with Crippen LogP contribution >= 0.6 is 0 Å². The van der Waals surface area contributed by atoms with Crippen molar-refractivity contribution in [2.24, 2.45) is 0 Å². The molecular weight excluding hydrogens is 326 g/mol. The normalized spacial score (nSPS) is 10.3. The zero-order valence-corrected chi connectivity index (χ0v) is 14.7. The third-order valence-corrected chi connectivity index (χ3v) is 3.96. The molecule has 0 aliphatic rings. The predicted octanol–water partition coefficient (Wildman–Crippen LogP) is 2.83. The Labute approximate surface area is 152 Å². The summed E-state index contributed by atoms with van der Waals surface area (Å²) in [7, 11) is 0. The molecule has 0 unspecified atom stereocenters. The third kappa shape index (κ3) is 4.63. The van der Waals surface area contributed by atoms with Crippen molar-refractivity contribution in [1.29, 1.82) is 0 Å². The fraction of sp³-hybridized carbons (Fsp3) is 0.200. The van der Waals surface area contributed by atoms with E-state index in [1.165, 1.54) is 5.56 Å². The van der Waals surface area contributed by atoms with E-state index in [1.54, 1.807) is 12.3 Å². The Morgan fingerprint density at radius 2 is 1.81 bits per heavy atom. The first kappa shape index (κ1) is 17.5. The molecule has 132 valence electrons. The maximum absolute atomic E-state index is 12.2. The number of pyridine rings is 1. The van der Waals surface area contributed by atoms with Crippen molar-refractivity contribution in [1.82, 2.24) is 20.5 Å². The molecule has 2 aromatic heterocycles. The molecular formula is C20H21N5O. The highest BCUT2D eigenvalue weighted by atomic mass is 16.1. The highest BCUT2D eigenvalue weighted by molar-refractivity contribution is 5.92. The lowest BCUT2D eigenvalue weighted by molar-refractivity contribution is 0.0944. The molecule has 1 N–H and O–H groups in total. The number of benzene rings is 1. The first-order valence-corrected chi connectivity index (χ1v) is 8.57. The average molecular weight is 347 g/mol. The summed E-state index contributed by atoms with van der Waals surface area (Å²) in [5.74, 6) is 0.485. The van der Waals surface area contributed by atoms with Gasteiger partial charge in [-0.15, -0.1) is 10.2 Å². The van der Waals surface area contributed by atoms with Gasteiger partial charge in [-0.2, -0.15) is 0 Å². The number of carbonyl (C=O) groups is 1. The van der Waals surface area contributed by atoms with Crippen LogP contribution in [0.3, 0.4) is 0 Å². The van der Waals surface area contributed by atoms with Crippen molar-refractivity contribution in [3.63, 3.8) is 0 Å². The van der Waals surface area contributed by atoms with E-state index in [2.05, 4.69) is 44.5 Å². The van der Waals surface area contributed by atoms with Crippen molar-refractivity contribution in [3.8, 4) is 0 Å². The van der Waals surface area contributed by atoms with Crippen molar-refractivity contribution in [2.75, 3.05) is 11.4 Å². The molecule has 1 amide bonds. The minimum absolute atomic E-state index is 0.263. The molecule has 6 heteroatoms. The molecule has 0 bridgehead atoms. The second kappa shape index (κ2) is 8.71. The van der Waals surface area contributed by atoms with Gasteiger partial charge in [-0.1, -0.05) is 36.4 Å². The molecule has 0 aliphatic heterocycles. The van der Waals surface area contributed by atoms with E-state index in [9.17, 15) is 4.79 Å². The largest absolute Gasteiger partial charge is 0.351 e. The molecule has 3 rings (SSSR count). The van der Waals surface area contributed by atoms with Crippen LogP contribution in [-0.2, 0) is 13.1 Å². The van der Waals surface area contributed by atoms with Crippen molar-refractivity contribution in [2.45, 2.75) is 20.0 Å². The monoisotopic (exact) mass is 347 g/mol. The van der Waals surface area contributed by atoms with E-state index in [-0.39, 0.29) is 5.91 Å². The van der Waals surface area contributed by atoms with Crippen LogP contribution in [0, 0.1) is 0 Å². The molecule has 2 heterocycles. The maximum Gasteiger partial charge on any atom is 0.272 e. The van der Waals surface area contributed by atoms with Gasteiger partial charge in [0.25, 0.3) is 5.91 Å². The molecule has 0 aliphatic carbocycles. The van der Waals surface area contributed by atoms with Gasteiger partial charge in [0.15, 0.2) is 11.5 Å². The summed E-state index contributed by atoms with van der Waals surface area (Å²) in [6, 6.07) is 19.3. The molecule has 0 atom stereocenters. The Kier molecular flexibility index (Phi) is 5.88. The van der Waals surface area contributed by atoms with Crippen LogP contribution in [0.25, 0.3) is 0 Å². The van der Waals surface area contributed by atoms with Gasteiger partial charge < -0.3 is 10.2 Å². The smallest absolute Gasteiger partial charge is 0.272 e. The number of amides is 1. The first-order valence-electron chi connectivity index (χ1n) is 8.57. The Morgan fingerprint density at radius 1 is 1.00 bits per heavy atom. The van der Waals surface area contributed by atoms with Crippen LogP contribution in [0.2, 0.25) is 0 Å². The molecule has 3 aromatic rings. The number of carbonyl (C=O) groups excluding carboxylic acids is 1. The Morgan fingerprint density at radius 3 is 2.46 bits per heavy atom. The summed E-state index contributed by atoms with van der Waals surface area (Å²) in [4.78, 5) is 18.5. The minimum Gasteiger partial charge on any atom is -0.351 e. The van der Waals surface area contributed by atoms with E-state index >= 15 is 0 Å².